The van der Waals surface area contributed by atoms with Gasteiger partial charge < -0.3 is 0 Å². The molecule has 0 saturated carbocycles. The number of hydrogen-bond donors (Lipinski definition) is 0. The molecule has 2 aromatic carbocycles. The van der Waals surface area contributed by atoms with Crippen molar-refractivity contribution < 1.29 is 0 Å². The van der Waals surface area contributed by atoms with Crippen LogP contribution >= 0.6 is 39.1 Å². The molecular formula is C15H9BrCl2N2. The van der Waals surface area contributed by atoms with Crippen LogP contribution in [0.1, 0.15) is 0 Å². The molecule has 0 aliphatic heterocycles. The average molecular weight is 368 g/mol. The third kappa shape index (κ3) is 2.49. The summed E-state index contributed by atoms with van der Waals surface area (Å²) < 4.78 is 2.72. The van der Waals surface area contributed by atoms with Gasteiger partial charge in [-0.25, -0.2) is 4.68 Å². The molecule has 0 amide bonds. The SMILES string of the molecule is Clc1ccc(-c2c(Br)cnn2-c2ccccc2Cl)cc1. The van der Waals surface area contributed by atoms with E-state index in [9.17, 15) is 0 Å². The van der Waals surface area contributed by atoms with E-state index in [1.165, 1.54) is 0 Å². The lowest BCUT2D eigenvalue weighted by atomic mass is 10.1. The van der Waals surface area contributed by atoms with Crippen LogP contribution in [0.5, 0.6) is 0 Å². The molecule has 0 N–H and O–H groups in total. The van der Waals surface area contributed by atoms with Crippen LogP contribution in [0, 0.1) is 0 Å². The molecule has 0 spiro atoms. The Labute approximate surface area is 135 Å². The number of nitrogens with zero attached hydrogens (tertiary/aromatic N) is 2. The fraction of sp³-hybridized carbons (Fsp3) is 0. The molecular weight excluding hydrogens is 359 g/mol. The lowest BCUT2D eigenvalue weighted by Gasteiger charge is -2.10. The van der Waals surface area contributed by atoms with Gasteiger partial charge in [0.05, 0.1) is 27.1 Å². The third-order valence-corrected chi connectivity index (χ3v) is 4.07. The zero-order valence-electron chi connectivity index (χ0n) is 10.2. The molecule has 5 heteroatoms. The monoisotopic (exact) mass is 366 g/mol. The third-order valence-electron chi connectivity index (χ3n) is 2.92. The van der Waals surface area contributed by atoms with Gasteiger partial charge in [0, 0.05) is 10.6 Å². The first-order valence-corrected chi connectivity index (χ1v) is 7.46. The molecule has 0 unspecified atom stereocenters. The highest BCUT2D eigenvalue weighted by Gasteiger charge is 2.14. The summed E-state index contributed by atoms with van der Waals surface area (Å²) in [6.45, 7) is 0. The molecule has 1 heterocycles. The predicted octanol–water partition coefficient (Wildman–Crippen LogP) is 5.61. The smallest absolute Gasteiger partial charge is 0.0883 e. The van der Waals surface area contributed by atoms with Gasteiger partial charge in [0.2, 0.25) is 0 Å². The lowest BCUT2D eigenvalue weighted by Crippen LogP contribution is -1.99. The fourth-order valence-electron chi connectivity index (χ4n) is 2.00. The minimum Gasteiger partial charge on any atom is -0.230 e. The molecule has 3 rings (SSSR count). The van der Waals surface area contributed by atoms with Crippen molar-refractivity contribution in [1.82, 2.24) is 9.78 Å². The van der Waals surface area contributed by atoms with Crippen LogP contribution < -0.4 is 0 Å². The summed E-state index contributed by atoms with van der Waals surface area (Å²) in [5, 5.41) is 5.75. The van der Waals surface area contributed by atoms with Crippen molar-refractivity contribution >= 4 is 39.1 Å². The first-order valence-electron chi connectivity index (χ1n) is 5.91. The summed E-state index contributed by atoms with van der Waals surface area (Å²) in [4.78, 5) is 0. The van der Waals surface area contributed by atoms with Crippen molar-refractivity contribution in [2.45, 2.75) is 0 Å². The molecule has 0 atom stereocenters. The fourth-order valence-corrected chi connectivity index (χ4v) is 2.83. The van der Waals surface area contributed by atoms with Crippen molar-refractivity contribution in [2.75, 3.05) is 0 Å². The van der Waals surface area contributed by atoms with E-state index in [2.05, 4.69) is 21.0 Å². The molecule has 100 valence electrons. The lowest BCUT2D eigenvalue weighted by molar-refractivity contribution is 0.888. The van der Waals surface area contributed by atoms with Gasteiger partial charge in [-0.1, -0.05) is 47.5 Å². The highest BCUT2D eigenvalue weighted by molar-refractivity contribution is 9.10. The first kappa shape index (κ1) is 13.7. The van der Waals surface area contributed by atoms with Gasteiger partial charge >= 0.3 is 0 Å². The molecule has 3 aromatic rings. The van der Waals surface area contributed by atoms with Crippen LogP contribution in [0.2, 0.25) is 10.0 Å². The summed E-state index contributed by atoms with van der Waals surface area (Å²) in [7, 11) is 0. The Morgan fingerprint density at radius 2 is 1.65 bits per heavy atom. The second-order valence-corrected chi connectivity index (χ2v) is 5.91. The number of benzene rings is 2. The normalized spacial score (nSPS) is 10.8. The van der Waals surface area contributed by atoms with Gasteiger partial charge in [-0.2, -0.15) is 5.10 Å². The zero-order chi connectivity index (χ0) is 14.1. The molecule has 20 heavy (non-hydrogen) atoms. The van der Waals surface area contributed by atoms with E-state index in [1.807, 2.05) is 53.2 Å². The topological polar surface area (TPSA) is 17.8 Å². The second-order valence-electron chi connectivity index (χ2n) is 4.21. The Bertz CT molecular complexity index is 751. The van der Waals surface area contributed by atoms with Gasteiger partial charge in [0.1, 0.15) is 0 Å². The Hall–Kier alpha value is -1.29. The van der Waals surface area contributed by atoms with Crippen LogP contribution in [0.4, 0.5) is 0 Å². The Morgan fingerprint density at radius 3 is 2.35 bits per heavy atom. The Kier molecular flexibility index (Phi) is 3.83. The minimum absolute atomic E-state index is 0.651. The second kappa shape index (κ2) is 5.60. The van der Waals surface area contributed by atoms with Crippen LogP contribution in [0.3, 0.4) is 0 Å². The highest BCUT2D eigenvalue weighted by Crippen LogP contribution is 2.32. The van der Waals surface area contributed by atoms with Crippen molar-refractivity contribution in [3.8, 4) is 16.9 Å². The molecule has 1 aromatic heterocycles. The van der Waals surface area contributed by atoms with Crippen LogP contribution in [0.15, 0.2) is 59.2 Å². The van der Waals surface area contributed by atoms with E-state index in [0.29, 0.717) is 10.0 Å². The van der Waals surface area contributed by atoms with Crippen LogP contribution in [0.25, 0.3) is 16.9 Å². The largest absolute Gasteiger partial charge is 0.230 e. The zero-order valence-corrected chi connectivity index (χ0v) is 13.3. The van der Waals surface area contributed by atoms with E-state index < -0.39 is 0 Å². The van der Waals surface area contributed by atoms with E-state index in [4.69, 9.17) is 23.2 Å². The first-order chi connectivity index (χ1) is 9.66. The number of para-hydroxylation sites is 1. The van der Waals surface area contributed by atoms with E-state index >= 15 is 0 Å². The van der Waals surface area contributed by atoms with Crippen molar-refractivity contribution in [3.05, 3.63) is 69.2 Å². The number of rotatable bonds is 2. The molecule has 0 aliphatic rings. The van der Waals surface area contributed by atoms with Gasteiger partial charge in [-0.15, -0.1) is 0 Å². The number of hydrogen-bond acceptors (Lipinski definition) is 1. The standard InChI is InChI=1S/C15H9BrCl2N2/c16-12-9-19-20(14-4-2-1-3-13(14)18)15(12)10-5-7-11(17)8-6-10/h1-9H. The Balaban J connectivity index is 2.20. The van der Waals surface area contributed by atoms with Gasteiger partial charge in [0.15, 0.2) is 0 Å². The predicted molar refractivity (Wildman–Crippen MR) is 86.7 cm³/mol. The molecule has 0 aliphatic carbocycles. The summed E-state index contributed by atoms with van der Waals surface area (Å²) in [6, 6.07) is 15.2. The quantitative estimate of drug-likeness (QED) is 0.575. The molecule has 2 nitrogen and oxygen atoms in total. The van der Waals surface area contributed by atoms with Crippen molar-refractivity contribution in [2.24, 2.45) is 0 Å². The summed E-state index contributed by atoms with van der Waals surface area (Å²) in [5.74, 6) is 0. The summed E-state index contributed by atoms with van der Waals surface area (Å²) in [5.41, 5.74) is 2.79. The van der Waals surface area contributed by atoms with Crippen molar-refractivity contribution in [3.63, 3.8) is 0 Å². The summed E-state index contributed by atoms with van der Waals surface area (Å²) >= 11 is 15.7. The van der Waals surface area contributed by atoms with Crippen LogP contribution in [-0.2, 0) is 0 Å². The minimum atomic E-state index is 0.651. The molecule has 0 fully saturated rings. The number of aromatic nitrogens is 2. The van der Waals surface area contributed by atoms with Gasteiger partial charge in [-0.3, -0.25) is 0 Å². The highest BCUT2D eigenvalue weighted by atomic mass is 79.9. The van der Waals surface area contributed by atoms with Gasteiger partial charge in [-0.05, 0) is 40.2 Å². The maximum Gasteiger partial charge on any atom is 0.0883 e. The van der Waals surface area contributed by atoms with E-state index in [-0.39, 0.29) is 0 Å². The maximum absolute atomic E-state index is 6.26. The molecule has 0 radical (unpaired) electrons. The molecule has 0 saturated heterocycles. The van der Waals surface area contributed by atoms with Gasteiger partial charge in [0.25, 0.3) is 0 Å². The average Bonchev–Trinajstić information content (AvgIpc) is 2.82. The number of halogens is 3. The van der Waals surface area contributed by atoms with Crippen LogP contribution in [-0.4, -0.2) is 9.78 Å². The Morgan fingerprint density at radius 1 is 0.950 bits per heavy atom. The molecule has 0 bridgehead atoms. The maximum atomic E-state index is 6.26. The van der Waals surface area contributed by atoms with E-state index in [0.717, 1.165) is 21.4 Å². The summed E-state index contributed by atoms with van der Waals surface area (Å²) in [6.07, 6.45) is 1.76. The van der Waals surface area contributed by atoms with E-state index in [1.54, 1.807) is 6.20 Å². The van der Waals surface area contributed by atoms with Crippen molar-refractivity contribution in [1.29, 1.82) is 0 Å².